The molecule has 8 nitrogen and oxygen atoms in total. The van der Waals surface area contributed by atoms with Gasteiger partial charge in [0.2, 0.25) is 0 Å². The molecule has 1 amide bonds. The van der Waals surface area contributed by atoms with Gasteiger partial charge < -0.3 is 10.2 Å². The molecule has 0 aliphatic heterocycles. The van der Waals surface area contributed by atoms with Gasteiger partial charge in [-0.3, -0.25) is 14.3 Å². The highest BCUT2D eigenvalue weighted by Gasteiger charge is 2.13. The maximum Gasteiger partial charge on any atom is 0.346 e. The molecule has 2 aromatic heterocycles. The fourth-order valence-corrected chi connectivity index (χ4v) is 2.65. The first kappa shape index (κ1) is 18.4. The first-order valence-electron chi connectivity index (χ1n) is 8.58. The number of hydrogen-bond acceptors (Lipinski definition) is 5. The Labute approximate surface area is 157 Å². The fourth-order valence-electron chi connectivity index (χ4n) is 2.65. The lowest BCUT2D eigenvalue weighted by Crippen LogP contribution is -2.31. The molecule has 140 valence electrons. The highest BCUT2D eigenvalue weighted by Crippen LogP contribution is 2.13. The van der Waals surface area contributed by atoms with Crippen molar-refractivity contribution in [2.75, 3.05) is 25.5 Å². The number of aromatic nitrogens is 4. The largest absolute Gasteiger partial charge is 0.378 e. The Kier molecular flexibility index (Phi) is 5.35. The van der Waals surface area contributed by atoms with Crippen molar-refractivity contribution in [3.8, 4) is 11.5 Å². The average Bonchev–Trinajstić information content (AvgIpc) is 2.97. The van der Waals surface area contributed by atoms with E-state index in [9.17, 15) is 9.59 Å². The molecule has 0 aliphatic carbocycles. The average molecular weight is 366 g/mol. The summed E-state index contributed by atoms with van der Waals surface area (Å²) in [5.41, 5.74) is 1.90. The van der Waals surface area contributed by atoms with Crippen molar-refractivity contribution in [2.24, 2.45) is 7.05 Å². The molecule has 0 bridgehead atoms. The molecule has 0 spiro atoms. The van der Waals surface area contributed by atoms with Gasteiger partial charge in [0.15, 0.2) is 5.82 Å². The second kappa shape index (κ2) is 7.86. The number of nitrogens with zero attached hydrogens (tertiary/aromatic N) is 5. The number of pyridine rings is 1. The third kappa shape index (κ3) is 4.05. The molecule has 8 heteroatoms. The number of hydrogen-bond donors (Lipinski definition) is 1. The highest BCUT2D eigenvalue weighted by atomic mass is 16.2. The highest BCUT2D eigenvalue weighted by molar-refractivity contribution is 5.95. The molecule has 1 aromatic carbocycles. The molecule has 0 unspecified atom stereocenters. The number of carbonyl (C=O) groups excluding carboxylic acids is 1. The van der Waals surface area contributed by atoms with E-state index in [1.54, 1.807) is 31.4 Å². The molecule has 0 radical (unpaired) electrons. The Hall–Kier alpha value is -3.42. The molecule has 0 aliphatic rings. The van der Waals surface area contributed by atoms with E-state index in [-0.39, 0.29) is 18.1 Å². The van der Waals surface area contributed by atoms with Gasteiger partial charge in [-0.1, -0.05) is 12.1 Å². The monoisotopic (exact) mass is 366 g/mol. The minimum atomic E-state index is -0.250. The van der Waals surface area contributed by atoms with Crippen LogP contribution in [-0.2, 0) is 13.6 Å². The Morgan fingerprint density at radius 3 is 2.70 bits per heavy atom. The van der Waals surface area contributed by atoms with Crippen molar-refractivity contribution < 1.29 is 4.79 Å². The Balaban J connectivity index is 1.67. The van der Waals surface area contributed by atoms with Crippen LogP contribution in [0.2, 0.25) is 0 Å². The molecule has 3 rings (SSSR count). The predicted molar refractivity (Wildman–Crippen MR) is 104 cm³/mol. The van der Waals surface area contributed by atoms with Gasteiger partial charge in [-0.05, 0) is 30.3 Å². The van der Waals surface area contributed by atoms with E-state index >= 15 is 0 Å². The Bertz CT molecular complexity index is 991. The number of rotatable bonds is 6. The Morgan fingerprint density at radius 1 is 1.19 bits per heavy atom. The summed E-state index contributed by atoms with van der Waals surface area (Å²) in [5.74, 6) is 0.304. The summed E-state index contributed by atoms with van der Waals surface area (Å²) >= 11 is 0. The summed E-state index contributed by atoms with van der Waals surface area (Å²) in [6, 6.07) is 12.8. The summed E-state index contributed by atoms with van der Waals surface area (Å²) in [6.45, 7) is 0.572. The van der Waals surface area contributed by atoms with Crippen LogP contribution >= 0.6 is 0 Å². The second-order valence-electron chi connectivity index (χ2n) is 6.30. The first-order chi connectivity index (χ1) is 13.0. The predicted octanol–water partition coefficient (Wildman–Crippen LogP) is 1.14. The molecule has 3 aromatic rings. The lowest BCUT2D eigenvalue weighted by Gasteiger charge is -2.13. The van der Waals surface area contributed by atoms with Crippen LogP contribution in [0.4, 0.5) is 5.69 Å². The molecule has 0 atom stereocenters. The Morgan fingerprint density at radius 2 is 2.00 bits per heavy atom. The third-order valence-corrected chi connectivity index (χ3v) is 4.17. The summed E-state index contributed by atoms with van der Waals surface area (Å²) in [7, 11) is 5.49. The zero-order valence-corrected chi connectivity index (χ0v) is 15.6. The fraction of sp³-hybridized carbons (Fsp3) is 0.263. The van der Waals surface area contributed by atoms with E-state index in [1.807, 2.05) is 43.3 Å². The van der Waals surface area contributed by atoms with Crippen LogP contribution in [0.5, 0.6) is 0 Å². The van der Waals surface area contributed by atoms with E-state index in [4.69, 9.17) is 0 Å². The molecular weight excluding hydrogens is 344 g/mol. The van der Waals surface area contributed by atoms with Crippen LogP contribution in [-0.4, -0.2) is 45.9 Å². The zero-order chi connectivity index (χ0) is 19.4. The minimum Gasteiger partial charge on any atom is -0.378 e. The van der Waals surface area contributed by atoms with Gasteiger partial charge in [0.25, 0.3) is 5.91 Å². The number of nitrogens with one attached hydrogen (secondary N) is 1. The summed E-state index contributed by atoms with van der Waals surface area (Å²) in [6.07, 6.45) is 1.65. The number of benzene rings is 1. The molecule has 0 saturated heterocycles. The number of anilines is 1. The van der Waals surface area contributed by atoms with Gasteiger partial charge >= 0.3 is 5.69 Å². The molecule has 0 saturated carbocycles. The van der Waals surface area contributed by atoms with Gasteiger partial charge in [-0.15, -0.1) is 5.10 Å². The van der Waals surface area contributed by atoms with Crippen LogP contribution in [0.15, 0.2) is 53.5 Å². The first-order valence-corrected chi connectivity index (χ1v) is 8.58. The van der Waals surface area contributed by atoms with Gasteiger partial charge in [0, 0.05) is 45.1 Å². The van der Waals surface area contributed by atoms with Crippen molar-refractivity contribution >= 4 is 11.6 Å². The lowest BCUT2D eigenvalue weighted by molar-refractivity contribution is 0.0952. The quantitative estimate of drug-likeness (QED) is 0.707. The summed E-state index contributed by atoms with van der Waals surface area (Å²) in [4.78, 5) is 30.8. The SMILES string of the molecule is CN(C)c1cccc(C(=O)NCCn2nc(-c3ccccn3)n(C)c2=O)c1. The topological polar surface area (TPSA) is 85.1 Å². The molecule has 0 fully saturated rings. The molecule has 2 heterocycles. The van der Waals surface area contributed by atoms with Gasteiger partial charge in [-0.25, -0.2) is 9.48 Å². The molecule has 27 heavy (non-hydrogen) atoms. The third-order valence-electron chi connectivity index (χ3n) is 4.17. The van der Waals surface area contributed by atoms with E-state index in [1.165, 1.54) is 9.25 Å². The van der Waals surface area contributed by atoms with Crippen molar-refractivity contribution in [3.63, 3.8) is 0 Å². The van der Waals surface area contributed by atoms with E-state index < -0.39 is 0 Å². The van der Waals surface area contributed by atoms with Crippen molar-refractivity contribution in [3.05, 3.63) is 64.7 Å². The molecule has 1 N–H and O–H groups in total. The van der Waals surface area contributed by atoms with Crippen molar-refractivity contribution in [1.82, 2.24) is 24.6 Å². The number of amides is 1. The number of carbonyl (C=O) groups is 1. The van der Waals surface area contributed by atoms with Crippen LogP contribution in [0.25, 0.3) is 11.5 Å². The second-order valence-corrected chi connectivity index (χ2v) is 6.30. The maximum absolute atomic E-state index is 12.3. The normalized spacial score (nSPS) is 10.6. The zero-order valence-electron chi connectivity index (χ0n) is 15.6. The van der Waals surface area contributed by atoms with E-state index in [0.717, 1.165) is 5.69 Å². The summed E-state index contributed by atoms with van der Waals surface area (Å²) < 4.78 is 2.78. The minimum absolute atomic E-state index is 0.187. The van der Waals surface area contributed by atoms with Crippen molar-refractivity contribution in [2.45, 2.75) is 6.54 Å². The van der Waals surface area contributed by atoms with E-state index in [0.29, 0.717) is 23.6 Å². The van der Waals surface area contributed by atoms with Gasteiger partial charge in [-0.2, -0.15) is 0 Å². The van der Waals surface area contributed by atoms with Gasteiger partial charge in [0.05, 0.1) is 6.54 Å². The maximum atomic E-state index is 12.3. The van der Waals surface area contributed by atoms with Crippen LogP contribution < -0.4 is 15.9 Å². The van der Waals surface area contributed by atoms with Crippen LogP contribution in [0.1, 0.15) is 10.4 Å². The van der Waals surface area contributed by atoms with E-state index in [2.05, 4.69) is 15.4 Å². The van der Waals surface area contributed by atoms with Crippen LogP contribution in [0.3, 0.4) is 0 Å². The molecular formula is C19H22N6O2. The lowest BCUT2D eigenvalue weighted by atomic mass is 10.2. The smallest absolute Gasteiger partial charge is 0.346 e. The van der Waals surface area contributed by atoms with Crippen LogP contribution in [0, 0.1) is 0 Å². The standard InChI is InChI=1S/C19H22N6O2/c1-23(2)15-8-6-7-14(13-15)18(26)21-11-12-25-19(27)24(3)17(22-25)16-9-4-5-10-20-16/h4-10,13H,11-12H2,1-3H3,(H,21,26). The summed E-state index contributed by atoms with van der Waals surface area (Å²) in [5, 5.41) is 7.16. The van der Waals surface area contributed by atoms with Crippen molar-refractivity contribution in [1.29, 1.82) is 0 Å². The van der Waals surface area contributed by atoms with Gasteiger partial charge in [0.1, 0.15) is 5.69 Å².